The molecule has 2 N–H and O–H groups in total. The Morgan fingerprint density at radius 2 is 2.11 bits per heavy atom. The molecule has 90 valence electrons. The van der Waals surface area contributed by atoms with Gasteiger partial charge in [0.25, 0.3) is 5.56 Å². The number of pyridine rings is 1. The highest BCUT2D eigenvalue weighted by molar-refractivity contribution is 9.11. The Kier molecular flexibility index (Phi) is 2.53. The molecule has 0 spiro atoms. The molecule has 0 radical (unpaired) electrons. The fourth-order valence-electron chi connectivity index (χ4n) is 1.94. The number of fused-ring (bicyclic) bond motifs is 3. The average molecular weight is 322 g/mol. The van der Waals surface area contributed by atoms with Crippen LogP contribution in [0.3, 0.4) is 0 Å². The lowest BCUT2D eigenvalue weighted by molar-refractivity contribution is 0.514. The van der Waals surface area contributed by atoms with E-state index in [1.807, 2.05) is 12.1 Å². The van der Waals surface area contributed by atoms with Crippen molar-refractivity contribution in [3.05, 3.63) is 50.5 Å². The summed E-state index contributed by atoms with van der Waals surface area (Å²) in [6.45, 7) is 3.48. The van der Waals surface area contributed by atoms with Gasteiger partial charge in [-0.1, -0.05) is 18.7 Å². The minimum Gasteiger partial charge on any atom is -0.508 e. The number of aliphatic hydroxyl groups excluding tert-OH is 1. The Morgan fingerprint density at radius 3 is 2.83 bits per heavy atom. The van der Waals surface area contributed by atoms with E-state index >= 15 is 0 Å². The van der Waals surface area contributed by atoms with Gasteiger partial charge in [0.05, 0.1) is 19.4 Å². The lowest BCUT2D eigenvalue weighted by atomic mass is 10.1. The average Bonchev–Trinajstić information content (AvgIpc) is 2.71. The van der Waals surface area contributed by atoms with Crippen molar-refractivity contribution in [1.82, 2.24) is 4.98 Å². The molecule has 3 aromatic rings. The van der Waals surface area contributed by atoms with Gasteiger partial charge in [0, 0.05) is 10.9 Å². The van der Waals surface area contributed by atoms with E-state index in [2.05, 4.69) is 27.5 Å². The second-order valence-corrected chi connectivity index (χ2v) is 6.39. The Bertz CT molecular complexity index is 847. The molecule has 0 aliphatic carbocycles. The highest BCUT2D eigenvalue weighted by Crippen LogP contribution is 2.33. The standard InChI is InChI=1S/C13H8BrNO2S/c1-6(16)7-2-3-8-10(4-7)15-13(17)9-5-11(14)18-12(8)9/h2-5,16H,1H2,(H,15,17). The number of hydrogen-bond donors (Lipinski definition) is 2. The molecule has 0 amide bonds. The van der Waals surface area contributed by atoms with Gasteiger partial charge in [-0.2, -0.15) is 0 Å². The van der Waals surface area contributed by atoms with Crippen LogP contribution in [0, 0.1) is 0 Å². The van der Waals surface area contributed by atoms with E-state index in [9.17, 15) is 9.90 Å². The van der Waals surface area contributed by atoms with E-state index in [0.29, 0.717) is 16.5 Å². The van der Waals surface area contributed by atoms with Crippen molar-refractivity contribution in [2.75, 3.05) is 0 Å². The van der Waals surface area contributed by atoms with Crippen LogP contribution in [0.5, 0.6) is 0 Å². The van der Waals surface area contributed by atoms with E-state index in [1.54, 1.807) is 12.1 Å². The predicted octanol–water partition coefficient (Wildman–Crippen LogP) is 4.03. The lowest BCUT2D eigenvalue weighted by Gasteiger charge is -2.03. The number of H-pyrrole nitrogens is 1. The van der Waals surface area contributed by atoms with Crippen LogP contribution in [0.15, 0.2) is 39.4 Å². The zero-order valence-electron chi connectivity index (χ0n) is 9.16. The van der Waals surface area contributed by atoms with Crippen LogP contribution < -0.4 is 5.56 Å². The first-order valence-electron chi connectivity index (χ1n) is 5.19. The van der Waals surface area contributed by atoms with Crippen LogP contribution in [0.25, 0.3) is 26.7 Å². The molecule has 1 aromatic carbocycles. The van der Waals surface area contributed by atoms with Crippen molar-refractivity contribution < 1.29 is 5.11 Å². The number of halogens is 1. The van der Waals surface area contributed by atoms with Crippen LogP contribution in [0.4, 0.5) is 0 Å². The first kappa shape index (κ1) is 11.5. The Hall–Kier alpha value is -1.59. The predicted molar refractivity (Wildman–Crippen MR) is 79.3 cm³/mol. The summed E-state index contributed by atoms with van der Waals surface area (Å²) in [6.07, 6.45) is 0. The minimum atomic E-state index is -0.125. The molecule has 0 atom stereocenters. The largest absolute Gasteiger partial charge is 0.508 e. The quantitative estimate of drug-likeness (QED) is 0.665. The van der Waals surface area contributed by atoms with Crippen LogP contribution in [-0.2, 0) is 0 Å². The van der Waals surface area contributed by atoms with Crippen molar-refractivity contribution in [1.29, 1.82) is 0 Å². The summed E-state index contributed by atoms with van der Waals surface area (Å²) >= 11 is 4.92. The number of hydrogen-bond acceptors (Lipinski definition) is 3. The number of aliphatic hydroxyl groups is 1. The van der Waals surface area contributed by atoms with Crippen molar-refractivity contribution >= 4 is 54.0 Å². The topological polar surface area (TPSA) is 53.1 Å². The first-order chi connectivity index (χ1) is 8.56. The molecule has 0 unspecified atom stereocenters. The molecule has 3 nitrogen and oxygen atoms in total. The number of aromatic amines is 1. The minimum absolute atomic E-state index is 0.00907. The normalized spacial score (nSPS) is 11.2. The van der Waals surface area contributed by atoms with E-state index in [4.69, 9.17) is 0 Å². The van der Waals surface area contributed by atoms with Crippen molar-refractivity contribution in [3.63, 3.8) is 0 Å². The van der Waals surface area contributed by atoms with Gasteiger partial charge >= 0.3 is 0 Å². The molecule has 0 fully saturated rings. The van der Waals surface area contributed by atoms with Crippen molar-refractivity contribution in [2.45, 2.75) is 0 Å². The molecule has 5 heteroatoms. The maximum atomic E-state index is 11.9. The number of rotatable bonds is 1. The number of nitrogens with one attached hydrogen (secondary N) is 1. The van der Waals surface area contributed by atoms with Gasteiger partial charge in [0.1, 0.15) is 5.76 Å². The SMILES string of the molecule is C=C(O)c1ccc2c(c1)[nH]c(=O)c1cc(Br)sc12. The summed E-state index contributed by atoms with van der Waals surface area (Å²) in [5.41, 5.74) is 1.18. The van der Waals surface area contributed by atoms with Gasteiger partial charge in [-0.05, 0) is 28.1 Å². The van der Waals surface area contributed by atoms with Gasteiger partial charge in [-0.25, -0.2) is 0 Å². The molecular weight excluding hydrogens is 314 g/mol. The fourth-order valence-corrected chi connectivity index (χ4v) is 3.58. The summed E-state index contributed by atoms with van der Waals surface area (Å²) in [5.74, 6) is -0.00907. The maximum absolute atomic E-state index is 11.9. The van der Waals surface area contributed by atoms with Gasteiger partial charge in [0.2, 0.25) is 0 Å². The van der Waals surface area contributed by atoms with Crippen LogP contribution in [-0.4, -0.2) is 10.1 Å². The summed E-state index contributed by atoms with van der Waals surface area (Å²) < 4.78 is 1.86. The van der Waals surface area contributed by atoms with Crippen LogP contribution in [0.2, 0.25) is 0 Å². The van der Waals surface area contributed by atoms with Gasteiger partial charge in [-0.3, -0.25) is 4.79 Å². The molecule has 18 heavy (non-hydrogen) atoms. The molecule has 2 aromatic heterocycles. The van der Waals surface area contributed by atoms with Gasteiger partial charge in [0.15, 0.2) is 0 Å². The lowest BCUT2D eigenvalue weighted by Crippen LogP contribution is -2.04. The molecule has 0 saturated carbocycles. The summed E-state index contributed by atoms with van der Waals surface area (Å²) in [6, 6.07) is 7.21. The third-order valence-electron chi connectivity index (χ3n) is 2.79. The van der Waals surface area contributed by atoms with E-state index < -0.39 is 0 Å². The van der Waals surface area contributed by atoms with Crippen LogP contribution in [0.1, 0.15) is 5.56 Å². The molecule has 0 aliphatic rings. The molecule has 2 heterocycles. The van der Waals surface area contributed by atoms with Crippen LogP contribution >= 0.6 is 27.3 Å². The third kappa shape index (κ3) is 1.67. The number of thiophene rings is 1. The Labute approximate surface area is 115 Å². The summed E-state index contributed by atoms with van der Waals surface area (Å²) in [7, 11) is 0. The third-order valence-corrected chi connectivity index (χ3v) is 4.46. The zero-order valence-corrected chi connectivity index (χ0v) is 11.6. The van der Waals surface area contributed by atoms with Gasteiger partial charge in [-0.15, -0.1) is 11.3 Å². The number of benzene rings is 1. The molecule has 0 saturated heterocycles. The Balaban J connectivity index is 2.49. The molecular formula is C13H8BrNO2S. The highest BCUT2D eigenvalue weighted by Gasteiger charge is 2.09. The van der Waals surface area contributed by atoms with E-state index in [1.165, 1.54) is 11.3 Å². The molecule has 0 bridgehead atoms. The second kappa shape index (κ2) is 3.96. The first-order valence-corrected chi connectivity index (χ1v) is 6.80. The molecule has 0 aliphatic heterocycles. The smallest absolute Gasteiger partial charge is 0.257 e. The van der Waals surface area contributed by atoms with Gasteiger partial charge < -0.3 is 10.1 Å². The Morgan fingerprint density at radius 1 is 1.33 bits per heavy atom. The summed E-state index contributed by atoms with van der Waals surface area (Å²) in [5, 5.41) is 11.0. The van der Waals surface area contributed by atoms with E-state index in [-0.39, 0.29) is 11.3 Å². The summed E-state index contributed by atoms with van der Waals surface area (Å²) in [4.78, 5) is 14.8. The zero-order chi connectivity index (χ0) is 12.9. The second-order valence-electron chi connectivity index (χ2n) is 3.95. The monoisotopic (exact) mass is 321 g/mol. The highest BCUT2D eigenvalue weighted by atomic mass is 79.9. The fraction of sp³-hybridized carbons (Fsp3) is 0. The molecule has 3 rings (SSSR count). The van der Waals surface area contributed by atoms with Crippen molar-refractivity contribution in [3.8, 4) is 0 Å². The number of aromatic nitrogens is 1. The van der Waals surface area contributed by atoms with Crippen molar-refractivity contribution in [2.24, 2.45) is 0 Å². The van der Waals surface area contributed by atoms with E-state index in [0.717, 1.165) is 13.9 Å². The maximum Gasteiger partial charge on any atom is 0.257 e.